The van der Waals surface area contributed by atoms with E-state index in [9.17, 15) is 0 Å². The summed E-state index contributed by atoms with van der Waals surface area (Å²) in [4.78, 5) is 0. The number of benzene rings is 2. The Balaban J connectivity index is 1.68. The van der Waals surface area contributed by atoms with Gasteiger partial charge in [-0.2, -0.15) is 5.10 Å². The molecule has 3 N–H and O–H groups in total. The number of rotatable bonds is 8. The van der Waals surface area contributed by atoms with Crippen LogP contribution in [0.2, 0.25) is 0 Å². The second kappa shape index (κ2) is 8.38. The summed E-state index contributed by atoms with van der Waals surface area (Å²) in [5.74, 6) is 0.894. The number of nitrogens with one attached hydrogen (secondary N) is 1. The lowest BCUT2D eigenvalue weighted by Gasteiger charge is -2.07. The first-order valence-corrected chi connectivity index (χ1v) is 8.91. The molecule has 4 heteroatoms. The molecule has 0 amide bonds. The smallest absolute Gasteiger partial charge is 0.119 e. The largest absolute Gasteiger partial charge is 0.494 e. The Kier molecular flexibility index (Phi) is 5.73. The molecular weight excluding hydrogens is 310 g/mol. The van der Waals surface area contributed by atoms with Gasteiger partial charge in [0.25, 0.3) is 0 Å². The number of ether oxygens (including phenoxy) is 1. The van der Waals surface area contributed by atoms with E-state index in [1.54, 1.807) is 0 Å². The SMILES string of the molecule is CCCCCCOc1cccc(-c2cc(-c3ccc(N)cc3)[nH]n2)c1. The third-order valence-corrected chi connectivity index (χ3v) is 4.20. The topological polar surface area (TPSA) is 63.9 Å². The van der Waals surface area contributed by atoms with Gasteiger partial charge in [0.15, 0.2) is 0 Å². The van der Waals surface area contributed by atoms with Gasteiger partial charge in [0.05, 0.1) is 18.0 Å². The van der Waals surface area contributed by atoms with Gasteiger partial charge in [0.1, 0.15) is 5.75 Å². The molecule has 0 unspecified atom stereocenters. The molecule has 0 aliphatic carbocycles. The van der Waals surface area contributed by atoms with Crippen molar-refractivity contribution < 1.29 is 4.74 Å². The van der Waals surface area contributed by atoms with Crippen LogP contribution in [0.5, 0.6) is 5.75 Å². The fourth-order valence-electron chi connectivity index (χ4n) is 2.74. The number of nitrogen functional groups attached to an aromatic ring is 1. The van der Waals surface area contributed by atoms with Gasteiger partial charge in [0.2, 0.25) is 0 Å². The Morgan fingerprint density at radius 1 is 0.960 bits per heavy atom. The molecule has 0 saturated carbocycles. The Hall–Kier alpha value is -2.75. The Labute approximate surface area is 149 Å². The number of aromatic nitrogens is 2. The quantitative estimate of drug-likeness (QED) is 0.434. The van der Waals surface area contributed by atoms with Crippen LogP contribution in [0.1, 0.15) is 32.6 Å². The fraction of sp³-hybridized carbons (Fsp3) is 0.286. The summed E-state index contributed by atoms with van der Waals surface area (Å²) in [6.45, 7) is 2.98. The molecule has 2 aromatic carbocycles. The highest BCUT2D eigenvalue weighted by Crippen LogP contribution is 2.26. The average Bonchev–Trinajstić information content (AvgIpc) is 3.13. The summed E-state index contributed by atoms with van der Waals surface area (Å²) >= 11 is 0. The number of nitrogens with two attached hydrogens (primary N) is 1. The van der Waals surface area contributed by atoms with Gasteiger partial charge >= 0.3 is 0 Å². The van der Waals surface area contributed by atoms with Crippen molar-refractivity contribution in [3.63, 3.8) is 0 Å². The van der Waals surface area contributed by atoms with Crippen molar-refractivity contribution in [2.45, 2.75) is 32.6 Å². The number of aromatic amines is 1. The highest BCUT2D eigenvalue weighted by molar-refractivity contribution is 5.69. The molecule has 0 atom stereocenters. The maximum absolute atomic E-state index is 5.87. The number of anilines is 1. The zero-order valence-electron chi connectivity index (χ0n) is 14.7. The lowest BCUT2D eigenvalue weighted by molar-refractivity contribution is 0.305. The predicted octanol–water partition coefficient (Wildman–Crippen LogP) is 5.29. The van der Waals surface area contributed by atoms with Crippen molar-refractivity contribution in [3.8, 4) is 28.3 Å². The third kappa shape index (κ3) is 4.63. The van der Waals surface area contributed by atoms with Gasteiger partial charge in [-0.25, -0.2) is 0 Å². The Morgan fingerprint density at radius 3 is 2.60 bits per heavy atom. The molecule has 3 rings (SSSR count). The first kappa shape index (κ1) is 17.1. The molecular formula is C21H25N3O. The van der Waals surface area contributed by atoms with Crippen LogP contribution in [-0.4, -0.2) is 16.8 Å². The minimum Gasteiger partial charge on any atom is -0.494 e. The minimum atomic E-state index is 0.757. The molecule has 25 heavy (non-hydrogen) atoms. The van der Waals surface area contributed by atoms with Crippen LogP contribution in [0.4, 0.5) is 5.69 Å². The molecule has 0 saturated heterocycles. The van der Waals surface area contributed by atoms with Crippen LogP contribution < -0.4 is 10.5 Å². The molecule has 1 aromatic heterocycles. The van der Waals surface area contributed by atoms with Crippen LogP contribution in [0.25, 0.3) is 22.5 Å². The van der Waals surface area contributed by atoms with E-state index in [1.165, 1.54) is 19.3 Å². The van der Waals surface area contributed by atoms with E-state index in [0.29, 0.717) is 0 Å². The molecule has 0 radical (unpaired) electrons. The highest BCUT2D eigenvalue weighted by atomic mass is 16.5. The summed E-state index contributed by atoms with van der Waals surface area (Å²) in [6.07, 6.45) is 4.83. The number of unbranched alkanes of at least 4 members (excludes halogenated alkanes) is 3. The standard InChI is InChI=1S/C21H25N3O/c1-2-3-4-5-13-25-19-8-6-7-17(14-19)21-15-20(23-24-21)16-9-11-18(22)12-10-16/h6-12,14-15H,2-5,13,22H2,1H3,(H,23,24). The van der Waals surface area contributed by atoms with Gasteiger partial charge in [-0.3, -0.25) is 5.10 Å². The number of hydrogen-bond acceptors (Lipinski definition) is 3. The molecule has 3 aromatic rings. The molecule has 0 spiro atoms. The van der Waals surface area contributed by atoms with Gasteiger partial charge in [-0.05, 0) is 42.3 Å². The van der Waals surface area contributed by atoms with E-state index < -0.39 is 0 Å². The van der Waals surface area contributed by atoms with Gasteiger partial charge in [0, 0.05) is 11.3 Å². The molecule has 4 nitrogen and oxygen atoms in total. The van der Waals surface area contributed by atoms with Crippen LogP contribution in [0.3, 0.4) is 0 Å². The van der Waals surface area contributed by atoms with E-state index in [4.69, 9.17) is 10.5 Å². The van der Waals surface area contributed by atoms with Crippen LogP contribution >= 0.6 is 0 Å². The Morgan fingerprint density at radius 2 is 1.80 bits per heavy atom. The molecule has 0 aliphatic heterocycles. The first-order chi connectivity index (χ1) is 12.3. The minimum absolute atomic E-state index is 0.757. The van der Waals surface area contributed by atoms with E-state index in [1.807, 2.05) is 54.6 Å². The monoisotopic (exact) mass is 335 g/mol. The van der Waals surface area contributed by atoms with Crippen molar-refractivity contribution >= 4 is 5.69 Å². The number of H-pyrrole nitrogens is 1. The maximum Gasteiger partial charge on any atom is 0.119 e. The number of hydrogen-bond donors (Lipinski definition) is 2. The Bertz CT molecular complexity index is 793. The second-order valence-corrected chi connectivity index (χ2v) is 6.23. The van der Waals surface area contributed by atoms with Crippen molar-refractivity contribution in [3.05, 3.63) is 54.6 Å². The summed E-state index contributed by atoms with van der Waals surface area (Å²) in [5, 5.41) is 7.53. The first-order valence-electron chi connectivity index (χ1n) is 8.91. The van der Waals surface area contributed by atoms with Crippen molar-refractivity contribution in [2.24, 2.45) is 0 Å². The zero-order valence-corrected chi connectivity index (χ0v) is 14.7. The summed E-state index contributed by atoms with van der Waals surface area (Å²) in [6, 6.07) is 17.9. The van der Waals surface area contributed by atoms with E-state index in [2.05, 4.69) is 17.1 Å². The normalized spacial score (nSPS) is 10.8. The van der Waals surface area contributed by atoms with E-state index in [0.717, 1.165) is 47.0 Å². The molecule has 1 heterocycles. The average molecular weight is 335 g/mol. The van der Waals surface area contributed by atoms with Crippen LogP contribution in [0.15, 0.2) is 54.6 Å². The van der Waals surface area contributed by atoms with Gasteiger partial charge < -0.3 is 10.5 Å². The second-order valence-electron chi connectivity index (χ2n) is 6.23. The van der Waals surface area contributed by atoms with Crippen molar-refractivity contribution in [1.29, 1.82) is 0 Å². The molecule has 0 bridgehead atoms. The predicted molar refractivity (Wildman–Crippen MR) is 104 cm³/mol. The van der Waals surface area contributed by atoms with Crippen LogP contribution in [0, 0.1) is 0 Å². The fourth-order valence-corrected chi connectivity index (χ4v) is 2.74. The summed E-state index contributed by atoms with van der Waals surface area (Å²) < 4.78 is 5.87. The van der Waals surface area contributed by atoms with Gasteiger partial charge in [-0.1, -0.05) is 50.5 Å². The maximum atomic E-state index is 5.87. The number of nitrogens with zero attached hydrogens (tertiary/aromatic N) is 1. The van der Waals surface area contributed by atoms with Gasteiger partial charge in [-0.15, -0.1) is 0 Å². The van der Waals surface area contributed by atoms with Crippen molar-refractivity contribution in [2.75, 3.05) is 12.3 Å². The molecule has 0 aliphatic rings. The summed E-state index contributed by atoms with van der Waals surface area (Å²) in [5.41, 5.74) is 10.5. The van der Waals surface area contributed by atoms with Crippen molar-refractivity contribution in [1.82, 2.24) is 10.2 Å². The van der Waals surface area contributed by atoms with E-state index >= 15 is 0 Å². The van der Waals surface area contributed by atoms with Crippen LogP contribution in [-0.2, 0) is 0 Å². The highest BCUT2D eigenvalue weighted by Gasteiger charge is 2.07. The molecule has 130 valence electrons. The lowest BCUT2D eigenvalue weighted by Crippen LogP contribution is -1.97. The molecule has 0 fully saturated rings. The summed E-state index contributed by atoms with van der Waals surface area (Å²) in [7, 11) is 0. The lowest BCUT2D eigenvalue weighted by atomic mass is 10.1. The third-order valence-electron chi connectivity index (χ3n) is 4.20. The zero-order chi connectivity index (χ0) is 17.5. The van der Waals surface area contributed by atoms with E-state index in [-0.39, 0.29) is 0 Å².